The Kier molecular flexibility index (Phi) is 7.08. The van der Waals surface area contributed by atoms with Crippen molar-refractivity contribution in [3.05, 3.63) is 83.9 Å². The summed E-state index contributed by atoms with van der Waals surface area (Å²) in [4.78, 5) is 3.99. The van der Waals surface area contributed by atoms with Crippen molar-refractivity contribution in [2.45, 2.75) is 35.5 Å². The Morgan fingerprint density at radius 2 is 0.903 bits per heavy atom. The van der Waals surface area contributed by atoms with Gasteiger partial charge in [0.1, 0.15) is 5.75 Å². The Hall–Kier alpha value is -2.18. The van der Waals surface area contributed by atoms with Crippen LogP contribution in [0.15, 0.2) is 87.5 Å². The summed E-state index contributed by atoms with van der Waals surface area (Å²) < 4.78 is 64.8. The molecule has 0 spiro atoms. The van der Waals surface area contributed by atoms with Gasteiger partial charge in [0.25, 0.3) is 0 Å². The molecule has 0 saturated heterocycles. The number of benzene rings is 3. The number of halogens is 6. The zero-order chi connectivity index (χ0) is 23.3. The van der Waals surface area contributed by atoms with Gasteiger partial charge in [0.05, 0.1) is 17.5 Å². The maximum absolute atomic E-state index is 10.7. The number of aryl methyl sites for hydroxylation is 2. The van der Waals surface area contributed by atoms with E-state index < -0.39 is 7.81 Å². The fourth-order valence-electron chi connectivity index (χ4n) is 2.60. The summed E-state index contributed by atoms with van der Waals surface area (Å²) in [5.74, 6) is 0.928. The van der Waals surface area contributed by atoms with Crippen LogP contribution < -0.4 is 4.74 Å². The van der Waals surface area contributed by atoms with E-state index in [1.807, 2.05) is 6.92 Å². The van der Waals surface area contributed by atoms with Gasteiger partial charge in [-0.05, 0) is 69.3 Å². The van der Waals surface area contributed by atoms with Crippen molar-refractivity contribution < 1.29 is 29.9 Å². The molecule has 0 amide bonds. The van der Waals surface area contributed by atoms with Crippen molar-refractivity contribution in [3.63, 3.8) is 0 Å². The van der Waals surface area contributed by atoms with Crippen LogP contribution in [-0.4, -0.2) is 6.61 Å². The Morgan fingerprint density at radius 3 is 1.19 bits per heavy atom. The summed E-state index contributed by atoms with van der Waals surface area (Å²) in [5.41, 5.74) is 2.58. The number of hydrogen-bond acceptors (Lipinski definition) is 1. The summed E-state index contributed by atoms with van der Waals surface area (Å²) in [5, 5.41) is 0. The van der Waals surface area contributed by atoms with E-state index >= 15 is 0 Å². The van der Waals surface area contributed by atoms with Crippen LogP contribution in [0.2, 0.25) is 0 Å². The first-order valence-electron chi connectivity index (χ1n) is 9.29. The molecule has 0 aliphatic rings. The molecule has 0 aromatic heterocycles. The summed E-state index contributed by atoms with van der Waals surface area (Å²) in [6.45, 7) is 6.97. The summed E-state index contributed by atoms with van der Waals surface area (Å²) >= 11 is 0. The van der Waals surface area contributed by atoms with Gasteiger partial charge in [-0.3, -0.25) is 0 Å². The first-order valence-corrected chi connectivity index (χ1v) is 12.5. The van der Waals surface area contributed by atoms with Crippen molar-refractivity contribution in [1.29, 1.82) is 0 Å². The van der Waals surface area contributed by atoms with E-state index in [1.165, 1.54) is 25.8 Å². The molecule has 0 unspecified atom stereocenters. The first-order chi connectivity index (χ1) is 14.1. The summed E-state index contributed by atoms with van der Waals surface area (Å²) in [6, 6.07) is 26.3. The van der Waals surface area contributed by atoms with Crippen molar-refractivity contribution >= 4 is 18.7 Å². The second kappa shape index (κ2) is 8.75. The van der Waals surface area contributed by atoms with Gasteiger partial charge in [-0.25, -0.2) is 0 Å². The number of ether oxygens (including phenoxy) is 1. The van der Waals surface area contributed by atoms with E-state index in [0.717, 1.165) is 5.75 Å². The van der Waals surface area contributed by atoms with Crippen LogP contribution in [0.25, 0.3) is 0 Å². The molecule has 3 aromatic rings. The van der Waals surface area contributed by atoms with E-state index in [1.54, 1.807) is 0 Å². The molecule has 3 aromatic carbocycles. The van der Waals surface area contributed by atoms with Gasteiger partial charge in [0, 0.05) is 0 Å². The fourth-order valence-corrected chi connectivity index (χ4v) is 4.64. The van der Waals surface area contributed by atoms with Gasteiger partial charge < -0.3 is 4.74 Å². The van der Waals surface area contributed by atoms with Crippen molar-refractivity contribution in [3.8, 4) is 5.75 Å². The maximum atomic E-state index is 9.87. The molecular formula is C22H23F6OPS. The van der Waals surface area contributed by atoms with Crippen molar-refractivity contribution in [2.24, 2.45) is 0 Å². The standard InChI is InChI=1S/C22H23OS.F6P/c1-4-23-19-9-15-22(16-10-19)24(20-11-5-17(2)6-12-20)21-13-7-18(3)8-14-21;1-7(2,3,4,5)6/h5-16H,4H2,1-3H3;/q+1;-1. The predicted octanol–water partition coefficient (Wildman–Crippen LogP) is 9.18. The molecule has 1 nitrogen and oxygen atoms in total. The van der Waals surface area contributed by atoms with E-state index in [-0.39, 0.29) is 10.9 Å². The molecule has 0 radical (unpaired) electrons. The van der Waals surface area contributed by atoms with Crippen LogP contribution in [0.3, 0.4) is 0 Å². The third-order valence-electron chi connectivity index (χ3n) is 3.88. The fraction of sp³-hybridized carbons (Fsp3) is 0.182. The molecule has 0 atom stereocenters. The van der Waals surface area contributed by atoms with Crippen molar-refractivity contribution in [2.75, 3.05) is 6.61 Å². The summed E-state index contributed by atoms with van der Waals surface area (Å²) in [7, 11) is -10.8. The van der Waals surface area contributed by atoms with E-state index in [0.29, 0.717) is 6.61 Å². The van der Waals surface area contributed by atoms with Gasteiger partial charge >= 0.3 is 33.0 Å². The topological polar surface area (TPSA) is 9.23 Å². The molecule has 0 saturated carbocycles. The van der Waals surface area contributed by atoms with E-state index in [2.05, 4.69) is 86.6 Å². The molecule has 3 rings (SSSR count). The number of rotatable bonds is 5. The van der Waals surface area contributed by atoms with Gasteiger partial charge in [-0.1, -0.05) is 35.4 Å². The van der Waals surface area contributed by atoms with Crippen LogP contribution in [0.1, 0.15) is 18.1 Å². The zero-order valence-electron chi connectivity index (χ0n) is 17.2. The Morgan fingerprint density at radius 1 is 0.613 bits per heavy atom. The molecule has 31 heavy (non-hydrogen) atoms. The van der Waals surface area contributed by atoms with Gasteiger partial charge in [-0.2, -0.15) is 0 Å². The van der Waals surface area contributed by atoms with Gasteiger partial charge in [0.2, 0.25) is 0 Å². The molecular weight excluding hydrogens is 457 g/mol. The molecule has 0 heterocycles. The Balaban J connectivity index is 0.000000423. The third-order valence-corrected chi connectivity index (χ3v) is 6.11. The molecule has 9 heteroatoms. The second-order valence-corrected chi connectivity index (χ2v) is 10.7. The van der Waals surface area contributed by atoms with Crippen LogP contribution in [0, 0.1) is 13.8 Å². The van der Waals surface area contributed by atoms with E-state index in [9.17, 15) is 25.2 Å². The van der Waals surface area contributed by atoms with Crippen LogP contribution in [0.4, 0.5) is 25.2 Å². The molecule has 0 fully saturated rings. The Labute approximate surface area is 180 Å². The van der Waals surface area contributed by atoms with Crippen LogP contribution in [-0.2, 0) is 10.9 Å². The number of hydrogen-bond donors (Lipinski definition) is 0. The van der Waals surface area contributed by atoms with Crippen LogP contribution in [0.5, 0.6) is 5.75 Å². The first kappa shape index (κ1) is 25.1. The van der Waals surface area contributed by atoms with Gasteiger partial charge in [-0.15, -0.1) is 0 Å². The average molecular weight is 480 g/mol. The third kappa shape index (κ3) is 10.1. The van der Waals surface area contributed by atoms with Gasteiger partial charge in [0.15, 0.2) is 14.7 Å². The van der Waals surface area contributed by atoms with E-state index in [4.69, 9.17) is 4.74 Å². The minimum absolute atomic E-state index is 0.0989. The second-order valence-electron chi connectivity index (χ2n) is 6.80. The molecule has 0 aliphatic heterocycles. The molecule has 0 bridgehead atoms. The normalized spacial score (nSPS) is 13.6. The minimum atomic E-state index is -10.7. The zero-order valence-corrected chi connectivity index (χ0v) is 18.9. The molecule has 0 aliphatic carbocycles. The predicted molar refractivity (Wildman–Crippen MR) is 116 cm³/mol. The quantitative estimate of drug-likeness (QED) is 0.201. The van der Waals surface area contributed by atoms with Crippen LogP contribution >= 0.6 is 7.81 Å². The molecule has 170 valence electrons. The Bertz CT molecular complexity index is 929. The average Bonchev–Trinajstić information content (AvgIpc) is 2.64. The monoisotopic (exact) mass is 480 g/mol. The van der Waals surface area contributed by atoms with Crippen molar-refractivity contribution in [1.82, 2.24) is 0 Å². The summed E-state index contributed by atoms with van der Waals surface area (Å²) in [6.07, 6.45) is 0. The SMILES string of the molecule is CCOc1ccc([S+](c2ccc(C)cc2)c2ccc(C)cc2)cc1.F[P-](F)(F)(F)(F)F. The molecule has 0 N–H and O–H groups in total.